The Morgan fingerprint density at radius 2 is 1.83 bits per heavy atom. The van der Waals surface area contributed by atoms with Crippen molar-refractivity contribution in [3.63, 3.8) is 0 Å². The minimum atomic E-state index is -4.06. The average Bonchev–Trinajstić information content (AvgIpc) is 2.28. The Bertz CT molecular complexity index is 303. The van der Waals surface area contributed by atoms with Gasteiger partial charge in [-0.15, -0.1) is 0 Å². The van der Waals surface area contributed by atoms with Crippen molar-refractivity contribution in [3.05, 3.63) is 0 Å². The maximum absolute atomic E-state index is 12.7. The molecule has 2 aliphatic carbocycles. The van der Waals surface area contributed by atoms with Gasteiger partial charge in [0.2, 0.25) is 0 Å². The molecule has 0 radical (unpaired) electrons. The molecule has 2 N–H and O–H groups in total. The van der Waals surface area contributed by atoms with Crippen molar-refractivity contribution < 1.29 is 18.3 Å². The van der Waals surface area contributed by atoms with E-state index in [1.807, 2.05) is 13.8 Å². The molecule has 4 unspecified atom stereocenters. The third-order valence-corrected chi connectivity index (χ3v) is 4.79. The van der Waals surface area contributed by atoms with E-state index in [1.54, 1.807) is 0 Å². The summed E-state index contributed by atoms with van der Waals surface area (Å²) in [4.78, 5) is 0. The zero-order valence-corrected chi connectivity index (χ0v) is 10.9. The van der Waals surface area contributed by atoms with Gasteiger partial charge in [-0.25, -0.2) is 0 Å². The smallest absolute Gasteiger partial charge is 0.391 e. The van der Waals surface area contributed by atoms with Crippen LogP contribution in [0.3, 0.4) is 0 Å². The van der Waals surface area contributed by atoms with Gasteiger partial charge in [0.25, 0.3) is 0 Å². The van der Waals surface area contributed by atoms with Gasteiger partial charge in [0.15, 0.2) is 0 Å². The van der Waals surface area contributed by atoms with Crippen molar-refractivity contribution in [2.75, 3.05) is 0 Å². The van der Waals surface area contributed by atoms with Crippen molar-refractivity contribution in [3.8, 4) is 0 Å². The fourth-order valence-corrected chi connectivity index (χ4v) is 3.11. The van der Waals surface area contributed by atoms with Crippen LogP contribution in [0.2, 0.25) is 0 Å². The highest BCUT2D eigenvalue weighted by Crippen LogP contribution is 2.43. The van der Waals surface area contributed by atoms with Crippen molar-refractivity contribution in [2.24, 2.45) is 11.3 Å². The van der Waals surface area contributed by atoms with E-state index in [9.17, 15) is 18.3 Å². The third-order valence-electron chi connectivity index (χ3n) is 4.79. The Balaban J connectivity index is 1.87. The number of aliphatic hydroxyl groups excluding tert-OH is 1. The topological polar surface area (TPSA) is 32.3 Å². The molecule has 0 aromatic carbocycles. The number of halogens is 3. The molecule has 0 aliphatic heterocycles. The van der Waals surface area contributed by atoms with Crippen LogP contribution in [-0.4, -0.2) is 29.5 Å². The number of rotatable bonds is 2. The summed E-state index contributed by atoms with van der Waals surface area (Å²) in [7, 11) is 0. The molecule has 0 heterocycles. The van der Waals surface area contributed by atoms with E-state index in [0.717, 1.165) is 6.42 Å². The van der Waals surface area contributed by atoms with Crippen LogP contribution in [0.25, 0.3) is 0 Å². The molecule has 0 aromatic rings. The summed E-state index contributed by atoms with van der Waals surface area (Å²) < 4.78 is 38.1. The molecule has 18 heavy (non-hydrogen) atoms. The molecular weight excluding hydrogens is 243 g/mol. The first-order chi connectivity index (χ1) is 8.21. The lowest BCUT2D eigenvalue weighted by Crippen LogP contribution is -2.62. The predicted octanol–water partition coefficient (Wildman–Crippen LogP) is 2.86. The number of nitrogens with one attached hydrogen (secondary N) is 1. The Hall–Kier alpha value is -0.290. The molecule has 0 spiro atoms. The van der Waals surface area contributed by atoms with Gasteiger partial charge in [-0.05, 0) is 25.7 Å². The summed E-state index contributed by atoms with van der Waals surface area (Å²) in [5.74, 6) is -1.16. The summed E-state index contributed by atoms with van der Waals surface area (Å²) in [6.07, 6.45) is -1.84. The Morgan fingerprint density at radius 3 is 2.33 bits per heavy atom. The van der Waals surface area contributed by atoms with Crippen LogP contribution >= 0.6 is 0 Å². The number of hydrogen-bond acceptors (Lipinski definition) is 2. The lowest BCUT2D eigenvalue weighted by Gasteiger charge is -2.51. The maximum atomic E-state index is 12.7. The van der Waals surface area contributed by atoms with Gasteiger partial charge in [-0.2, -0.15) is 13.2 Å². The second kappa shape index (κ2) is 4.67. The largest absolute Gasteiger partial charge is 0.392 e. The van der Waals surface area contributed by atoms with E-state index >= 15 is 0 Å². The van der Waals surface area contributed by atoms with Gasteiger partial charge in [0, 0.05) is 17.5 Å². The van der Waals surface area contributed by atoms with Crippen molar-refractivity contribution in [1.82, 2.24) is 5.32 Å². The molecule has 4 atom stereocenters. The number of alkyl halides is 3. The van der Waals surface area contributed by atoms with E-state index < -0.39 is 12.1 Å². The van der Waals surface area contributed by atoms with Crippen LogP contribution in [0.4, 0.5) is 13.2 Å². The minimum absolute atomic E-state index is 0.0536. The molecule has 106 valence electrons. The summed E-state index contributed by atoms with van der Waals surface area (Å²) in [6.45, 7) is 3.92. The standard InChI is InChI=1S/C13H22F3NO/c1-12(2)10(7-11(12)18)17-9-5-3-4-8(6-9)13(14,15)16/h8-11,17-18H,3-7H2,1-2H3. The summed E-state index contributed by atoms with van der Waals surface area (Å²) in [5.41, 5.74) is -0.217. The minimum Gasteiger partial charge on any atom is -0.392 e. The molecule has 2 saturated carbocycles. The lowest BCUT2D eigenvalue weighted by molar-refractivity contribution is -0.185. The summed E-state index contributed by atoms with van der Waals surface area (Å²) in [6, 6.07) is 0.0895. The van der Waals surface area contributed by atoms with Crippen LogP contribution in [0.15, 0.2) is 0 Å². The van der Waals surface area contributed by atoms with E-state index in [1.165, 1.54) is 0 Å². The highest BCUT2D eigenvalue weighted by atomic mass is 19.4. The van der Waals surface area contributed by atoms with Gasteiger partial charge in [0.1, 0.15) is 0 Å². The molecule has 5 heteroatoms. The third kappa shape index (κ3) is 2.67. The Kier molecular flexibility index (Phi) is 3.67. The zero-order chi connectivity index (χ0) is 13.6. The molecule has 2 nitrogen and oxygen atoms in total. The van der Waals surface area contributed by atoms with Crippen molar-refractivity contribution in [1.29, 1.82) is 0 Å². The average molecular weight is 265 g/mol. The molecule has 2 rings (SSSR count). The fraction of sp³-hybridized carbons (Fsp3) is 1.00. The van der Waals surface area contributed by atoms with E-state index in [-0.39, 0.29) is 36.4 Å². The molecule has 0 saturated heterocycles. The fourth-order valence-electron chi connectivity index (χ4n) is 3.11. The monoisotopic (exact) mass is 265 g/mol. The molecule has 0 aromatic heterocycles. The van der Waals surface area contributed by atoms with Crippen LogP contribution in [0, 0.1) is 11.3 Å². The number of aliphatic hydroxyl groups is 1. The second-order valence-electron chi connectivity index (χ2n) is 6.39. The molecule has 0 amide bonds. The van der Waals surface area contributed by atoms with E-state index in [0.29, 0.717) is 12.8 Å². The highest BCUT2D eigenvalue weighted by Gasteiger charge is 2.49. The van der Waals surface area contributed by atoms with Gasteiger partial charge in [-0.1, -0.05) is 20.3 Å². The Labute approximate surface area is 106 Å². The van der Waals surface area contributed by atoms with E-state index in [4.69, 9.17) is 0 Å². The molecular formula is C13H22F3NO. The Morgan fingerprint density at radius 1 is 1.17 bits per heavy atom. The van der Waals surface area contributed by atoms with Crippen LogP contribution in [-0.2, 0) is 0 Å². The maximum Gasteiger partial charge on any atom is 0.391 e. The first-order valence-electron chi connectivity index (χ1n) is 6.72. The SMILES string of the molecule is CC1(C)C(O)CC1NC1CCCC(C(F)(F)F)C1. The van der Waals surface area contributed by atoms with Crippen LogP contribution in [0.5, 0.6) is 0 Å². The van der Waals surface area contributed by atoms with Crippen LogP contribution < -0.4 is 5.32 Å². The van der Waals surface area contributed by atoms with E-state index in [2.05, 4.69) is 5.32 Å². The molecule has 2 aliphatic rings. The molecule has 0 bridgehead atoms. The predicted molar refractivity (Wildman–Crippen MR) is 63.1 cm³/mol. The summed E-state index contributed by atoms with van der Waals surface area (Å²) in [5, 5.41) is 13.0. The number of hydrogen-bond donors (Lipinski definition) is 2. The molecule has 2 fully saturated rings. The normalized spacial score (nSPS) is 40.3. The quantitative estimate of drug-likeness (QED) is 0.804. The van der Waals surface area contributed by atoms with Gasteiger partial charge >= 0.3 is 6.18 Å². The lowest BCUT2D eigenvalue weighted by atomic mass is 9.64. The van der Waals surface area contributed by atoms with Crippen molar-refractivity contribution in [2.45, 2.75) is 70.3 Å². The first-order valence-corrected chi connectivity index (χ1v) is 6.72. The first kappa shape index (κ1) is 14.1. The van der Waals surface area contributed by atoms with Crippen LogP contribution in [0.1, 0.15) is 46.0 Å². The van der Waals surface area contributed by atoms with Gasteiger partial charge < -0.3 is 10.4 Å². The van der Waals surface area contributed by atoms with Crippen molar-refractivity contribution >= 4 is 0 Å². The zero-order valence-electron chi connectivity index (χ0n) is 10.9. The summed E-state index contributed by atoms with van der Waals surface area (Å²) >= 11 is 0. The van der Waals surface area contributed by atoms with Gasteiger partial charge in [-0.3, -0.25) is 0 Å². The second-order valence-corrected chi connectivity index (χ2v) is 6.39. The highest BCUT2D eigenvalue weighted by molar-refractivity contribution is 5.03. The van der Waals surface area contributed by atoms with Gasteiger partial charge in [0.05, 0.1) is 12.0 Å².